The second-order valence-electron chi connectivity index (χ2n) is 4.14. The lowest BCUT2D eigenvalue weighted by Gasteiger charge is -2.13. The number of halogens is 1. The Morgan fingerprint density at radius 3 is 3.06 bits per heavy atom. The van der Waals surface area contributed by atoms with Gasteiger partial charge in [-0.15, -0.1) is 0 Å². The molecule has 0 spiro atoms. The van der Waals surface area contributed by atoms with Gasteiger partial charge in [0.05, 0.1) is 11.7 Å². The van der Waals surface area contributed by atoms with Crippen molar-refractivity contribution in [3.63, 3.8) is 0 Å². The van der Waals surface area contributed by atoms with Crippen LogP contribution in [0.4, 0.5) is 0 Å². The molecule has 1 atom stereocenters. The molecular formula is C13H15BrO3. The van der Waals surface area contributed by atoms with Gasteiger partial charge in [-0.1, -0.05) is 15.9 Å². The topological polar surface area (TPSA) is 35.5 Å². The van der Waals surface area contributed by atoms with Crippen molar-refractivity contribution in [1.29, 1.82) is 0 Å². The zero-order valence-corrected chi connectivity index (χ0v) is 11.3. The van der Waals surface area contributed by atoms with Gasteiger partial charge in [-0.25, -0.2) is 0 Å². The molecule has 1 fully saturated rings. The van der Waals surface area contributed by atoms with E-state index >= 15 is 0 Å². The zero-order valence-electron chi connectivity index (χ0n) is 9.74. The molecule has 17 heavy (non-hydrogen) atoms. The molecule has 0 radical (unpaired) electrons. The van der Waals surface area contributed by atoms with Gasteiger partial charge in [0.25, 0.3) is 0 Å². The fraction of sp³-hybridized carbons (Fsp3) is 0.462. The van der Waals surface area contributed by atoms with E-state index in [4.69, 9.17) is 9.47 Å². The van der Waals surface area contributed by atoms with Crippen LogP contribution in [0, 0.1) is 0 Å². The van der Waals surface area contributed by atoms with E-state index in [0.29, 0.717) is 17.9 Å². The third-order valence-electron chi connectivity index (χ3n) is 2.77. The van der Waals surface area contributed by atoms with Crippen LogP contribution in [-0.4, -0.2) is 25.1 Å². The van der Waals surface area contributed by atoms with E-state index in [1.54, 1.807) is 13.0 Å². The molecule has 2 rings (SSSR count). The number of ether oxygens (including phenoxy) is 2. The Hall–Kier alpha value is -0.870. The van der Waals surface area contributed by atoms with E-state index in [0.717, 1.165) is 23.9 Å². The van der Waals surface area contributed by atoms with Gasteiger partial charge in [0.15, 0.2) is 5.78 Å². The highest BCUT2D eigenvalue weighted by Gasteiger charge is 2.17. The third-order valence-corrected chi connectivity index (χ3v) is 3.26. The monoisotopic (exact) mass is 298 g/mol. The molecule has 0 aliphatic carbocycles. The van der Waals surface area contributed by atoms with E-state index in [9.17, 15) is 4.79 Å². The standard InChI is InChI=1S/C13H15BrO3/c1-9(15)12-5-4-10(14)7-13(12)17-8-11-3-2-6-16-11/h4-5,7,11H,2-3,6,8H2,1H3. The smallest absolute Gasteiger partial charge is 0.163 e. The maximum absolute atomic E-state index is 11.4. The average molecular weight is 299 g/mol. The molecule has 0 amide bonds. The molecule has 92 valence electrons. The summed E-state index contributed by atoms with van der Waals surface area (Å²) in [6.07, 6.45) is 2.28. The van der Waals surface area contributed by atoms with Crippen molar-refractivity contribution in [2.24, 2.45) is 0 Å². The van der Waals surface area contributed by atoms with Crippen LogP contribution in [0.5, 0.6) is 5.75 Å². The van der Waals surface area contributed by atoms with Crippen LogP contribution < -0.4 is 4.74 Å². The minimum Gasteiger partial charge on any atom is -0.490 e. The van der Waals surface area contributed by atoms with Crippen molar-refractivity contribution in [2.45, 2.75) is 25.9 Å². The van der Waals surface area contributed by atoms with Crippen LogP contribution in [-0.2, 0) is 4.74 Å². The normalized spacial score (nSPS) is 19.3. The molecule has 1 saturated heterocycles. The van der Waals surface area contributed by atoms with Gasteiger partial charge in [-0.3, -0.25) is 4.79 Å². The molecule has 1 aliphatic heterocycles. The maximum Gasteiger partial charge on any atom is 0.163 e. The Bertz CT molecular complexity index is 411. The highest BCUT2D eigenvalue weighted by molar-refractivity contribution is 9.10. The summed E-state index contributed by atoms with van der Waals surface area (Å²) in [6, 6.07) is 5.44. The van der Waals surface area contributed by atoms with Crippen LogP contribution in [0.2, 0.25) is 0 Å². The fourth-order valence-corrected chi connectivity index (χ4v) is 2.21. The minimum atomic E-state index is 0.0137. The zero-order chi connectivity index (χ0) is 12.3. The van der Waals surface area contributed by atoms with Crippen LogP contribution in [0.15, 0.2) is 22.7 Å². The number of hydrogen-bond acceptors (Lipinski definition) is 3. The van der Waals surface area contributed by atoms with E-state index in [-0.39, 0.29) is 11.9 Å². The number of carbonyl (C=O) groups excluding carboxylic acids is 1. The maximum atomic E-state index is 11.4. The van der Waals surface area contributed by atoms with E-state index in [2.05, 4.69) is 15.9 Å². The van der Waals surface area contributed by atoms with E-state index in [1.807, 2.05) is 12.1 Å². The lowest BCUT2D eigenvalue weighted by atomic mass is 10.1. The highest BCUT2D eigenvalue weighted by Crippen LogP contribution is 2.25. The number of ketones is 1. The molecule has 0 saturated carbocycles. The predicted octanol–water partition coefficient (Wildman–Crippen LogP) is 3.21. The largest absolute Gasteiger partial charge is 0.490 e. The lowest BCUT2D eigenvalue weighted by molar-refractivity contribution is 0.0672. The summed E-state index contributed by atoms with van der Waals surface area (Å²) >= 11 is 3.38. The molecule has 1 aromatic rings. The van der Waals surface area contributed by atoms with Crippen LogP contribution >= 0.6 is 15.9 Å². The van der Waals surface area contributed by atoms with Crippen LogP contribution in [0.3, 0.4) is 0 Å². The highest BCUT2D eigenvalue weighted by atomic mass is 79.9. The van der Waals surface area contributed by atoms with E-state index in [1.165, 1.54) is 0 Å². The Balaban J connectivity index is 2.07. The summed E-state index contributed by atoms with van der Waals surface area (Å²) in [4.78, 5) is 11.4. The number of hydrogen-bond donors (Lipinski definition) is 0. The molecule has 0 aromatic heterocycles. The average Bonchev–Trinajstić information content (AvgIpc) is 2.78. The molecule has 1 heterocycles. The molecule has 1 aliphatic rings. The summed E-state index contributed by atoms with van der Waals surface area (Å²) < 4.78 is 12.1. The summed E-state index contributed by atoms with van der Waals surface area (Å²) in [5.41, 5.74) is 0.617. The Morgan fingerprint density at radius 2 is 2.41 bits per heavy atom. The minimum absolute atomic E-state index is 0.0137. The van der Waals surface area contributed by atoms with Crippen LogP contribution in [0.1, 0.15) is 30.1 Å². The van der Waals surface area contributed by atoms with Crippen molar-refractivity contribution in [3.05, 3.63) is 28.2 Å². The lowest BCUT2D eigenvalue weighted by Crippen LogP contribution is -2.17. The van der Waals surface area contributed by atoms with Gasteiger partial charge in [-0.2, -0.15) is 0 Å². The molecule has 3 nitrogen and oxygen atoms in total. The first-order valence-electron chi connectivity index (χ1n) is 5.71. The van der Waals surface area contributed by atoms with Gasteiger partial charge in [0.1, 0.15) is 12.4 Å². The van der Waals surface area contributed by atoms with Gasteiger partial charge >= 0.3 is 0 Å². The van der Waals surface area contributed by atoms with Gasteiger partial charge in [-0.05, 0) is 38.0 Å². The number of rotatable bonds is 4. The number of Topliss-reactive ketones (excluding diaryl/α,β-unsaturated/α-hetero) is 1. The number of benzene rings is 1. The second-order valence-corrected chi connectivity index (χ2v) is 5.06. The number of carbonyl (C=O) groups is 1. The van der Waals surface area contributed by atoms with Gasteiger partial charge < -0.3 is 9.47 Å². The van der Waals surface area contributed by atoms with Crippen LogP contribution in [0.25, 0.3) is 0 Å². The Labute approximate surface area is 109 Å². The fourth-order valence-electron chi connectivity index (χ4n) is 1.86. The molecule has 1 aromatic carbocycles. The van der Waals surface area contributed by atoms with E-state index < -0.39 is 0 Å². The van der Waals surface area contributed by atoms with Crippen molar-refractivity contribution >= 4 is 21.7 Å². The molecule has 0 bridgehead atoms. The molecule has 0 N–H and O–H groups in total. The summed E-state index contributed by atoms with van der Waals surface area (Å²) in [5.74, 6) is 0.641. The first-order chi connectivity index (χ1) is 8.16. The summed E-state index contributed by atoms with van der Waals surface area (Å²) in [7, 11) is 0. The Kier molecular flexibility index (Phi) is 4.18. The van der Waals surface area contributed by atoms with Gasteiger partial charge in [0.2, 0.25) is 0 Å². The first kappa shape index (κ1) is 12.6. The van der Waals surface area contributed by atoms with Crippen molar-refractivity contribution in [1.82, 2.24) is 0 Å². The molecular weight excluding hydrogens is 284 g/mol. The predicted molar refractivity (Wildman–Crippen MR) is 68.6 cm³/mol. The third kappa shape index (κ3) is 3.30. The van der Waals surface area contributed by atoms with Crippen molar-refractivity contribution in [2.75, 3.05) is 13.2 Å². The first-order valence-corrected chi connectivity index (χ1v) is 6.51. The summed E-state index contributed by atoms with van der Waals surface area (Å²) in [6.45, 7) is 2.87. The summed E-state index contributed by atoms with van der Waals surface area (Å²) in [5, 5.41) is 0. The molecule has 4 heteroatoms. The second kappa shape index (κ2) is 5.65. The quantitative estimate of drug-likeness (QED) is 0.801. The van der Waals surface area contributed by atoms with Gasteiger partial charge in [0, 0.05) is 11.1 Å². The van der Waals surface area contributed by atoms with Crippen molar-refractivity contribution < 1.29 is 14.3 Å². The Morgan fingerprint density at radius 1 is 1.59 bits per heavy atom. The SMILES string of the molecule is CC(=O)c1ccc(Br)cc1OCC1CCCO1. The van der Waals surface area contributed by atoms with Crippen molar-refractivity contribution in [3.8, 4) is 5.75 Å². The molecule has 1 unspecified atom stereocenters.